The molecule has 114 valence electrons. The minimum atomic E-state index is 0.132. The number of halogens is 1. The van der Waals surface area contributed by atoms with E-state index >= 15 is 0 Å². The fourth-order valence-corrected chi connectivity index (χ4v) is 6.44. The SMILES string of the molecule is CC12CC3CC(C)(C1)CC(Nc1nc(N)ncc1Cl)(C3)C2. The normalized spacial score (nSPS) is 44.0. The number of aromatic nitrogens is 2. The summed E-state index contributed by atoms with van der Waals surface area (Å²) in [4.78, 5) is 8.27. The third kappa shape index (κ3) is 2.19. The molecule has 0 spiro atoms. The van der Waals surface area contributed by atoms with Crippen LogP contribution in [0.1, 0.15) is 52.4 Å². The number of nitrogen functional groups attached to an aromatic ring is 1. The third-order valence-corrected chi connectivity index (χ3v) is 6.05. The monoisotopic (exact) mass is 306 g/mol. The van der Waals surface area contributed by atoms with E-state index < -0.39 is 0 Å². The first-order valence-electron chi connectivity index (χ1n) is 7.85. The number of anilines is 2. The Bertz CT molecular complexity index is 584. The Labute approximate surface area is 130 Å². The van der Waals surface area contributed by atoms with Crippen LogP contribution < -0.4 is 11.1 Å². The van der Waals surface area contributed by atoms with E-state index in [1.54, 1.807) is 6.20 Å². The quantitative estimate of drug-likeness (QED) is 0.870. The second-order valence-corrected chi connectivity index (χ2v) is 8.87. The molecule has 4 aliphatic carbocycles. The van der Waals surface area contributed by atoms with Crippen molar-refractivity contribution in [2.24, 2.45) is 16.7 Å². The molecular weight excluding hydrogens is 284 g/mol. The Hall–Kier alpha value is -1.03. The Morgan fingerprint density at radius 3 is 2.48 bits per heavy atom. The molecule has 5 rings (SSSR count). The van der Waals surface area contributed by atoms with Crippen LogP contribution in [-0.2, 0) is 0 Å². The van der Waals surface area contributed by atoms with Crippen molar-refractivity contribution in [2.45, 2.75) is 57.9 Å². The average Bonchev–Trinajstić information content (AvgIpc) is 2.28. The molecule has 4 fully saturated rings. The van der Waals surface area contributed by atoms with E-state index in [1.807, 2.05) is 0 Å². The number of nitrogens with one attached hydrogen (secondary N) is 1. The van der Waals surface area contributed by atoms with Gasteiger partial charge in [0.2, 0.25) is 5.95 Å². The van der Waals surface area contributed by atoms with Gasteiger partial charge in [-0.3, -0.25) is 0 Å². The highest BCUT2D eigenvalue weighted by molar-refractivity contribution is 6.32. The van der Waals surface area contributed by atoms with E-state index in [9.17, 15) is 0 Å². The first-order valence-corrected chi connectivity index (χ1v) is 8.23. The fraction of sp³-hybridized carbons (Fsp3) is 0.750. The number of nitrogens with zero attached hydrogens (tertiary/aromatic N) is 2. The molecule has 4 aliphatic rings. The zero-order valence-electron chi connectivity index (χ0n) is 12.7. The topological polar surface area (TPSA) is 63.8 Å². The molecule has 4 bridgehead atoms. The average molecular weight is 307 g/mol. The van der Waals surface area contributed by atoms with E-state index in [1.165, 1.54) is 38.5 Å². The van der Waals surface area contributed by atoms with Crippen LogP contribution in [0.2, 0.25) is 5.02 Å². The highest BCUT2D eigenvalue weighted by atomic mass is 35.5. The van der Waals surface area contributed by atoms with Gasteiger partial charge in [0.15, 0.2) is 5.82 Å². The largest absolute Gasteiger partial charge is 0.368 e. The zero-order chi connectivity index (χ0) is 14.9. The van der Waals surface area contributed by atoms with Gasteiger partial charge in [0.05, 0.1) is 6.20 Å². The molecule has 0 saturated heterocycles. The molecule has 0 radical (unpaired) electrons. The molecule has 2 atom stereocenters. The van der Waals surface area contributed by atoms with E-state index in [-0.39, 0.29) is 11.5 Å². The van der Waals surface area contributed by atoms with Crippen molar-refractivity contribution in [3.05, 3.63) is 11.2 Å². The van der Waals surface area contributed by atoms with Gasteiger partial charge in [0, 0.05) is 5.54 Å². The Morgan fingerprint density at radius 2 is 1.86 bits per heavy atom. The maximum Gasteiger partial charge on any atom is 0.222 e. The van der Waals surface area contributed by atoms with Crippen molar-refractivity contribution >= 4 is 23.4 Å². The third-order valence-electron chi connectivity index (χ3n) is 5.77. The maximum absolute atomic E-state index is 6.26. The van der Waals surface area contributed by atoms with Gasteiger partial charge in [-0.05, 0) is 55.3 Å². The molecule has 3 N–H and O–H groups in total. The standard InChI is InChI=1S/C16H23ClN4/c1-14-3-10-4-15(2,7-14)9-16(5-10,8-14)21-12-11(17)6-19-13(18)20-12/h6,10H,3-5,7-9H2,1-2H3,(H3,18,19,20,21). The van der Waals surface area contributed by atoms with Crippen LogP contribution in [0, 0.1) is 16.7 Å². The van der Waals surface area contributed by atoms with Gasteiger partial charge in [0.1, 0.15) is 5.02 Å². The summed E-state index contributed by atoms with van der Waals surface area (Å²) in [6, 6.07) is 0. The predicted octanol–water partition coefficient (Wildman–Crippen LogP) is 3.87. The molecule has 1 aromatic rings. The number of nitrogens with two attached hydrogens (primary N) is 1. The molecule has 4 saturated carbocycles. The van der Waals surface area contributed by atoms with Crippen molar-refractivity contribution in [1.29, 1.82) is 0 Å². The molecule has 4 nitrogen and oxygen atoms in total. The van der Waals surface area contributed by atoms with Crippen LogP contribution in [0.5, 0.6) is 0 Å². The van der Waals surface area contributed by atoms with Crippen LogP contribution in [0.25, 0.3) is 0 Å². The lowest BCUT2D eigenvalue weighted by Crippen LogP contribution is -2.61. The van der Waals surface area contributed by atoms with Crippen molar-refractivity contribution in [3.63, 3.8) is 0 Å². The smallest absolute Gasteiger partial charge is 0.222 e. The summed E-state index contributed by atoms with van der Waals surface area (Å²) < 4.78 is 0. The van der Waals surface area contributed by atoms with Gasteiger partial charge in [0.25, 0.3) is 0 Å². The summed E-state index contributed by atoms with van der Waals surface area (Å²) in [5.74, 6) is 1.82. The molecule has 21 heavy (non-hydrogen) atoms. The first-order chi connectivity index (χ1) is 9.79. The fourth-order valence-electron chi connectivity index (χ4n) is 6.31. The highest BCUT2D eigenvalue weighted by Crippen LogP contribution is 2.66. The van der Waals surface area contributed by atoms with E-state index in [0.717, 1.165) is 5.92 Å². The van der Waals surface area contributed by atoms with Gasteiger partial charge in [-0.2, -0.15) is 4.98 Å². The maximum atomic E-state index is 6.26. The molecule has 0 amide bonds. The summed E-state index contributed by atoms with van der Waals surface area (Å²) in [6.45, 7) is 4.92. The predicted molar refractivity (Wildman–Crippen MR) is 85.2 cm³/mol. The molecule has 5 heteroatoms. The summed E-state index contributed by atoms with van der Waals surface area (Å²) in [5, 5.41) is 4.25. The van der Waals surface area contributed by atoms with Gasteiger partial charge >= 0.3 is 0 Å². The van der Waals surface area contributed by atoms with Crippen LogP contribution in [0.15, 0.2) is 6.20 Å². The molecule has 1 aromatic heterocycles. The Kier molecular flexibility index (Phi) is 2.62. The number of rotatable bonds is 2. The van der Waals surface area contributed by atoms with Gasteiger partial charge in [-0.15, -0.1) is 0 Å². The van der Waals surface area contributed by atoms with E-state index in [2.05, 4.69) is 29.1 Å². The van der Waals surface area contributed by atoms with Crippen LogP contribution >= 0.6 is 11.6 Å². The van der Waals surface area contributed by atoms with E-state index in [0.29, 0.717) is 21.7 Å². The minimum absolute atomic E-state index is 0.132. The Morgan fingerprint density at radius 1 is 1.19 bits per heavy atom. The lowest BCUT2D eigenvalue weighted by atomic mass is 9.43. The second-order valence-electron chi connectivity index (χ2n) is 8.46. The highest BCUT2D eigenvalue weighted by Gasteiger charge is 2.60. The van der Waals surface area contributed by atoms with Gasteiger partial charge in [-0.1, -0.05) is 25.4 Å². The number of hydrogen-bond donors (Lipinski definition) is 2. The summed E-state index contributed by atoms with van der Waals surface area (Å²) >= 11 is 6.26. The van der Waals surface area contributed by atoms with Crippen LogP contribution in [-0.4, -0.2) is 15.5 Å². The van der Waals surface area contributed by atoms with Gasteiger partial charge in [-0.25, -0.2) is 4.98 Å². The molecule has 2 unspecified atom stereocenters. The van der Waals surface area contributed by atoms with E-state index in [4.69, 9.17) is 17.3 Å². The summed E-state index contributed by atoms with van der Waals surface area (Å²) in [7, 11) is 0. The molecule has 0 aromatic carbocycles. The molecular formula is C16H23ClN4. The number of hydrogen-bond acceptors (Lipinski definition) is 4. The summed E-state index contributed by atoms with van der Waals surface area (Å²) in [5.41, 5.74) is 6.79. The molecule has 1 heterocycles. The van der Waals surface area contributed by atoms with Crippen molar-refractivity contribution in [3.8, 4) is 0 Å². The van der Waals surface area contributed by atoms with Crippen molar-refractivity contribution in [1.82, 2.24) is 9.97 Å². The zero-order valence-corrected chi connectivity index (χ0v) is 13.5. The van der Waals surface area contributed by atoms with Crippen molar-refractivity contribution in [2.75, 3.05) is 11.1 Å². The minimum Gasteiger partial charge on any atom is -0.368 e. The first kappa shape index (κ1) is 13.6. The van der Waals surface area contributed by atoms with Crippen LogP contribution in [0.3, 0.4) is 0 Å². The Balaban J connectivity index is 1.70. The van der Waals surface area contributed by atoms with Crippen molar-refractivity contribution < 1.29 is 0 Å². The van der Waals surface area contributed by atoms with Crippen LogP contribution in [0.4, 0.5) is 11.8 Å². The lowest BCUT2D eigenvalue weighted by molar-refractivity contribution is -0.0973. The molecule has 0 aliphatic heterocycles. The summed E-state index contributed by atoms with van der Waals surface area (Å²) in [6.07, 6.45) is 9.38. The lowest BCUT2D eigenvalue weighted by Gasteiger charge is -2.65. The second kappa shape index (κ2) is 4.03. The van der Waals surface area contributed by atoms with Gasteiger partial charge < -0.3 is 11.1 Å².